The highest BCUT2D eigenvalue weighted by Gasteiger charge is 2.25. The maximum absolute atomic E-state index is 10.6. The van der Waals surface area contributed by atoms with Crippen molar-refractivity contribution in [2.45, 2.75) is 13.0 Å². The van der Waals surface area contributed by atoms with Crippen molar-refractivity contribution in [2.24, 2.45) is 5.10 Å². The summed E-state index contributed by atoms with van der Waals surface area (Å²) in [5, 5.41) is 6.17. The minimum atomic E-state index is -0.122. The van der Waals surface area contributed by atoms with Gasteiger partial charge in [-0.15, -0.1) is 0 Å². The SMILES string of the molecule is Cc1ccc(C2c3ccccc3C=NN2C=CC=O)nc1. The molecule has 0 radical (unpaired) electrons. The zero-order valence-electron chi connectivity index (χ0n) is 11.7. The van der Waals surface area contributed by atoms with E-state index in [0.717, 1.165) is 28.7 Å². The van der Waals surface area contributed by atoms with Crippen LogP contribution in [0.3, 0.4) is 0 Å². The number of fused-ring (bicyclic) bond motifs is 1. The molecule has 0 spiro atoms. The molecule has 1 aromatic heterocycles. The van der Waals surface area contributed by atoms with Gasteiger partial charge in [0.2, 0.25) is 0 Å². The van der Waals surface area contributed by atoms with Gasteiger partial charge in [-0.25, -0.2) is 0 Å². The number of carbonyl (C=O) groups is 1. The van der Waals surface area contributed by atoms with Crippen LogP contribution in [0.15, 0.2) is 60.0 Å². The van der Waals surface area contributed by atoms with Gasteiger partial charge in [-0.05, 0) is 30.2 Å². The summed E-state index contributed by atoms with van der Waals surface area (Å²) < 4.78 is 0. The standard InChI is InChI=1S/C17H15N3O/c1-13-7-8-16(18-11-13)17-15-6-3-2-5-14(15)12-19-20(17)9-4-10-21/h2-12,17H,1H3. The number of pyridine rings is 1. The number of rotatable bonds is 3. The average Bonchev–Trinajstić information content (AvgIpc) is 2.53. The van der Waals surface area contributed by atoms with Gasteiger partial charge in [0.1, 0.15) is 12.3 Å². The molecule has 1 unspecified atom stereocenters. The lowest BCUT2D eigenvalue weighted by atomic mass is 9.96. The van der Waals surface area contributed by atoms with Gasteiger partial charge in [0, 0.05) is 18.0 Å². The summed E-state index contributed by atoms with van der Waals surface area (Å²) in [4.78, 5) is 15.1. The number of hydrogen-bond acceptors (Lipinski definition) is 4. The number of allylic oxidation sites excluding steroid dienone is 1. The number of benzene rings is 1. The number of aldehydes is 1. The highest BCUT2D eigenvalue weighted by molar-refractivity contribution is 5.83. The van der Waals surface area contributed by atoms with E-state index in [0.29, 0.717) is 0 Å². The van der Waals surface area contributed by atoms with Crippen LogP contribution < -0.4 is 0 Å². The molecule has 1 aliphatic heterocycles. The fraction of sp³-hybridized carbons (Fsp3) is 0.118. The maximum atomic E-state index is 10.6. The molecule has 0 bridgehead atoms. The number of hydrazone groups is 1. The Balaban J connectivity index is 2.10. The first-order valence-corrected chi connectivity index (χ1v) is 6.75. The summed E-state index contributed by atoms with van der Waals surface area (Å²) in [6, 6.07) is 12.0. The molecule has 0 aliphatic carbocycles. The third kappa shape index (κ3) is 2.60. The van der Waals surface area contributed by atoms with Crippen molar-refractivity contribution >= 4 is 12.5 Å². The summed E-state index contributed by atoms with van der Waals surface area (Å²) >= 11 is 0. The summed E-state index contributed by atoms with van der Waals surface area (Å²) in [5.74, 6) is 0. The zero-order chi connectivity index (χ0) is 14.7. The molecular weight excluding hydrogens is 262 g/mol. The number of hydrogen-bond donors (Lipinski definition) is 0. The molecule has 2 heterocycles. The molecule has 4 nitrogen and oxygen atoms in total. The van der Waals surface area contributed by atoms with Crippen LogP contribution in [0.1, 0.15) is 28.4 Å². The lowest BCUT2D eigenvalue weighted by molar-refractivity contribution is -0.104. The predicted molar refractivity (Wildman–Crippen MR) is 81.9 cm³/mol. The first kappa shape index (κ1) is 13.2. The van der Waals surface area contributed by atoms with Gasteiger partial charge >= 0.3 is 0 Å². The molecule has 4 heteroatoms. The second-order valence-corrected chi connectivity index (χ2v) is 4.89. The summed E-state index contributed by atoms with van der Waals surface area (Å²) in [6.07, 6.45) is 7.50. The molecule has 3 rings (SSSR count). The van der Waals surface area contributed by atoms with Crippen LogP contribution in [-0.4, -0.2) is 22.5 Å². The third-order valence-corrected chi connectivity index (χ3v) is 3.42. The largest absolute Gasteiger partial charge is 0.299 e. The minimum Gasteiger partial charge on any atom is -0.299 e. The summed E-state index contributed by atoms with van der Waals surface area (Å²) in [7, 11) is 0. The average molecular weight is 277 g/mol. The van der Waals surface area contributed by atoms with Crippen LogP contribution >= 0.6 is 0 Å². The van der Waals surface area contributed by atoms with E-state index in [2.05, 4.69) is 16.2 Å². The second-order valence-electron chi connectivity index (χ2n) is 4.89. The second kappa shape index (κ2) is 5.71. The van der Waals surface area contributed by atoms with Gasteiger partial charge in [0.25, 0.3) is 0 Å². The quantitative estimate of drug-likeness (QED) is 0.640. The molecule has 0 N–H and O–H groups in total. The molecule has 0 amide bonds. The van der Waals surface area contributed by atoms with Gasteiger partial charge in [-0.3, -0.25) is 14.8 Å². The topological polar surface area (TPSA) is 45.6 Å². The van der Waals surface area contributed by atoms with Crippen LogP contribution in [0.2, 0.25) is 0 Å². The Morgan fingerprint density at radius 3 is 2.81 bits per heavy atom. The Kier molecular flexibility index (Phi) is 3.60. The fourth-order valence-electron chi connectivity index (χ4n) is 2.40. The molecular formula is C17H15N3O. The molecule has 0 saturated carbocycles. The van der Waals surface area contributed by atoms with Crippen molar-refractivity contribution in [3.05, 3.63) is 77.3 Å². The van der Waals surface area contributed by atoms with Crippen molar-refractivity contribution in [3.8, 4) is 0 Å². The zero-order valence-corrected chi connectivity index (χ0v) is 11.7. The number of nitrogens with zero attached hydrogens (tertiary/aromatic N) is 3. The Morgan fingerprint density at radius 2 is 2.05 bits per heavy atom. The Hall–Kier alpha value is -2.75. The van der Waals surface area contributed by atoms with E-state index in [4.69, 9.17) is 0 Å². The number of aromatic nitrogens is 1. The van der Waals surface area contributed by atoms with E-state index in [-0.39, 0.29) is 6.04 Å². The molecule has 2 aromatic rings. The first-order valence-electron chi connectivity index (χ1n) is 6.75. The summed E-state index contributed by atoms with van der Waals surface area (Å²) in [6.45, 7) is 2.01. The highest BCUT2D eigenvalue weighted by atomic mass is 16.1. The van der Waals surface area contributed by atoms with Crippen molar-refractivity contribution in [3.63, 3.8) is 0 Å². The number of aryl methyl sites for hydroxylation is 1. The van der Waals surface area contributed by atoms with Gasteiger partial charge in [0.15, 0.2) is 0 Å². The Labute approximate surface area is 123 Å². The Bertz CT molecular complexity index is 704. The van der Waals surface area contributed by atoms with Gasteiger partial charge in [0.05, 0.1) is 11.9 Å². The lowest BCUT2D eigenvalue weighted by Gasteiger charge is -2.30. The minimum absolute atomic E-state index is 0.122. The normalized spacial score (nSPS) is 17.0. The van der Waals surface area contributed by atoms with Gasteiger partial charge in [-0.1, -0.05) is 30.3 Å². The van der Waals surface area contributed by atoms with Crippen molar-refractivity contribution in [1.29, 1.82) is 0 Å². The van der Waals surface area contributed by atoms with Crippen molar-refractivity contribution < 1.29 is 4.79 Å². The Morgan fingerprint density at radius 1 is 1.19 bits per heavy atom. The summed E-state index contributed by atoms with van der Waals surface area (Å²) in [5.41, 5.74) is 4.21. The van der Waals surface area contributed by atoms with E-state index in [1.165, 1.54) is 6.08 Å². The van der Waals surface area contributed by atoms with Crippen LogP contribution in [-0.2, 0) is 4.79 Å². The van der Waals surface area contributed by atoms with Gasteiger partial charge < -0.3 is 0 Å². The molecule has 104 valence electrons. The van der Waals surface area contributed by atoms with Crippen molar-refractivity contribution in [1.82, 2.24) is 9.99 Å². The highest BCUT2D eigenvalue weighted by Crippen LogP contribution is 2.32. The molecule has 1 atom stereocenters. The molecule has 21 heavy (non-hydrogen) atoms. The van der Waals surface area contributed by atoms with Crippen LogP contribution in [0.5, 0.6) is 0 Å². The van der Waals surface area contributed by atoms with Crippen LogP contribution in [0.25, 0.3) is 0 Å². The van der Waals surface area contributed by atoms with E-state index >= 15 is 0 Å². The lowest BCUT2D eigenvalue weighted by Crippen LogP contribution is -2.25. The van der Waals surface area contributed by atoms with E-state index < -0.39 is 0 Å². The molecule has 1 aromatic carbocycles. The smallest absolute Gasteiger partial charge is 0.144 e. The molecule has 0 fully saturated rings. The van der Waals surface area contributed by atoms with Crippen molar-refractivity contribution in [2.75, 3.05) is 0 Å². The first-order chi connectivity index (χ1) is 10.3. The molecule has 1 aliphatic rings. The molecule has 0 saturated heterocycles. The van der Waals surface area contributed by atoms with Crippen LogP contribution in [0.4, 0.5) is 0 Å². The third-order valence-electron chi connectivity index (χ3n) is 3.42. The maximum Gasteiger partial charge on any atom is 0.144 e. The van der Waals surface area contributed by atoms with Gasteiger partial charge in [-0.2, -0.15) is 5.10 Å². The van der Waals surface area contributed by atoms with Crippen LogP contribution in [0, 0.1) is 6.92 Å². The van der Waals surface area contributed by atoms with E-state index in [1.807, 2.05) is 43.5 Å². The predicted octanol–water partition coefficient (Wildman–Crippen LogP) is 2.84. The fourth-order valence-corrected chi connectivity index (χ4v) is 2.40. The van der Waals surface area contributed by atoms with E-state index in [9.17, 15) is 4.79 Å². The monoisotopic (exact) mass is 277 g/mol. The van der Waals surface area contributed by atoms with E-state index in [1.54, 1.807) is 17.4 Å². The number of carbonyl (C=O) groups excluding carboxylic acids is 1.